The molecular weight excluding hydrogens is 264 g/mol. The summed E-state index contributed by atoms with van der Waals surface area (Å²) in [4.78, 5) is 4.18. The first kappa shape index (κ1) is 12.1. The average Bonchev–Trinajstić information content (AvgIpc) is 2.27. The van der Waals surface area contributed by atoms with E-state index >= 15 is 0 Å². The summed E-state index contributed by atoms with van der Waals surface area (Å²) in [5.74, 6) is 0.881. The highest BCUT2D eigenvalue weighted by Gasteiger charge is 2.17. The summed E-state index contributed by atoms with van der Waals surface area (Å²) in [5.41, 5.74) is 1.26. The first-order chi connectivity index (χ1) is 7.74. The normalized spacial score (nSPS) is 25.6. The van der Waals surface area contributed by atoms with Crippen LogP contribution in [0, 0.1) is 5.92 Å². The molecule has 1 saturated carbocycles. The van der Waals surface area contributed by atoms with E-state index in [9.17, 15) is 0 Å². The molecule has 1 aromatic heterocycles. The van der Waals surface area contributed by atoms with Gasteiger partial charge in [0.25, 0.3) is 0 Å². The Balaban J connectivity index is 1.82. The van der Waals surface area contributed by atoms with Crippen LogP contribution in [-0.4, -0.2) is 11.0 Å². The van der Waals surface area contributed by atoms with Crippen LogP contribution in [0.5, 0.6) is 0 Å². The predicted molar refractivity (Wildman–Crippen MR) is 70.2 cm³/mol. The van der Waals surface area contributed by atoms with Gasteiger partial charge in [-0.3, -0.25) is 4.98 Å². The number of rotatable bonds is 3. The molecule has 0 bridgehead atoms. The van der Waals surface area contributed by atoms with Gasteiger partial charge < -0.3 is 5.32 Å². The zero-order valence-corrected chi connectivity index (χ0v) is 11.3. The van der Waals surface area contributed by atoms with Gasteiger partial charge in [-0.2, -0.15) is 0 Å². The van der Waals surface area contributed by atoms with Crippen molar-refractivity contribution in [3.8, 4) is 0 Å². The lowest BCUT2D eigenvalue weighted by Crippen LogP contribution is -2.33. The summed E-state index contributed by atoms with van der Waals surface area (Å²) < 4.78 is 1.06. The van der Waals surface area contributed by atoms with E-state index in [4.69, 9.17) is 0 Å². The number of nitrogens with one attached hydrogen (secondary N) is 1. The van der Waals surface area contributed by atoms with Crippen LogP contribution in [0.3, 0.4) is 0 Å². The van der Waals surface area contributed by atoms with Gasteiger partial charge in [-0.15, -0.1) is 0 Å². The first-order valence-electron chi connectivity index (χ1n) is 6.07. The Hall–Kier alpha value is -0.410. The summed E-state index contributed by atoms with van der Waals surface area (Å²) >= 11 is 3.45. The molecular formula is C13H19BrN2. The molecule has 0 saturated heterocycles. The van der Waals surface area contributed by atoms with Crippen LogP contribution in [0.15, 0.2) is 22.9 Å². The third-order valence-corrected chi connectivity index (χ3v) is 3.73. The molecule has 1 aromatic rings. The number of aromatic nitrogens is 1. The molecule has 0 amide bonds. The highest BCUT2D eigenvalue weighted by atomic mass is 79.9. The third kappa shape index (κ3) is 3.56. The second-order valence-corrected chi connectivity index (χ2v) is 5.78. The molecule has 1 heterocycles. The van der Waals surface area contributed by atoms with E-state index in [0.717, 1.165) is 16.9 Å². The number of hydrogen-bond donors (Lipinski definition) is 1. The molecule has 0 aromatic carbocycles. The maximum atomic E-state index is 4.18. The lowest BCUT2D eigenvalue weighted by Gasteiger charge is -2.27. The quantitative estimate of drug-likeness (QED) is 0.918. The molecule has 16 heavy (non-hydrogen) atoms. The molecule has 1 fully saturated rings. The van der Waals surface area contributed by atoms with Crippen molar-refractivity contribution in [1.82, 2.24) is 10.3 Å². The topological polar surface area (TPSA) is 24.9 Å². The van der Waals surface area contributed by atoms with Gasteiger partial charge in [0.1, 0.15) is 0 Å². The smallest absolute Gasteiger partial charge is 0.0410 e. The standard InChI is InChI=1S/C13H19BrN2/c1-10-3-2-4-13(5-10)16-8-11-6-12(14)9-15-7-11/h6-7,9-10,13,16H,2-5,8H2,1H3. The minimum absolute atomic E-state index is 0.697. The van der Waals surface area contributed by atoms with Crippen molar-refractivity contribution < 1.29 is 0 Å². The summed E-state index contributed by atoms with van der Waals surface area (Å²) in [7, 11) is 0. The zero-order valence-electron chi connectivity index (χ0n) is 9.75. The minimum atomic E-state index is 0.697. The van der Waals surface area contributed by atoms with E-state index in [1.165, 1.54) is 31.2 Å². The Kier molecular flexibility index (Phi) is 4.36. The summed E-state index contributed by atoms with van der Waals surface area (Å²) in [6.07, 6.45) is 9.18. The summed E-state index contributed by atoms with van der Waals surface area (Å²) in [6, 6.07) is 2.83. The fourth-order valence-electron chi connectivity index (χ4n) is 2.43. The van der Waals surface area contributed by atoms with E-state index in [1.807, 2.05) is 12.4 Å². The summed E-state index contributed by atoms with van der Waals surface area (Å²) in [5, 5.41) is 3.63. The second kappa shape index (κ2) is 5.78. The predicted octanol–water partition coefficient (Wildman–Crippen LogP) is 3.51. The van der Waals surface area contributed by atoms with Gasteiger partial charge >= 0.3 is 0 Å². The van der Waals surface area contributed by atoms with Gasteiger partial charge in [-0.1, -0.05) is 19.8 Å². The molecule has 1 aliphatic rings. The van der Waals surface area contributed by atoms with Gasteiger partial charge in [0.15, 0.2) is 0 Å². The van der Waals surface area contributed by atoms with E-state index in [1.54, 1.807) is 0 Å². The van der Waals surface area contributed by atoms with Crippen molar-refractivity contribution in [3.63, 3.8) is 0 Å². The van der Waals surface area contributed by atoms with Crippen LogP contribution in [0.1, 0.15) is 38.2 Å². The molecule has 0 aliphatic heterocycles. The van der Waals surface area contributed by atoms with Crippen molar-refractivity contribution >= 4 is 15.9 Å². The Morgan fingerprint density at radius 1 is 1.44 bits per heavy atom. The highest BCUT2D eigenvalue weighted by Crippen LogP contribution is 2.23. The summed E-state index contributed by atoms with van der Waals surface area (Å²) in [6.45, 7) is 3.29. The van der Waals surface area contributed by atoms with E-state index in [-0.39, 0.29) is 0 Å². The van der Waals surface area contributed by atoms with Crippen LogP contribution in [0.25, 0.3) is 0 Å². The van der Waals surface area contributed by atoms with Gasteiger partial charge in [-0.05, 0) is 46.3 Å². The third-order valence-electron chi connectivity index (χ3n) is 3.29. The molecule has 3 heteroatoms. The van der Waals surface area contributed by atoms with Crippen LogP contribution in [-0.2, 0) is 6.54 Å². The van der Waals surface area contributed by atoms with Gasteiger partial charge in [-0.25, -0.2) is 0 Å². The van der Waals surface area contributed by atoms with E-state index in [0.29, 0.717) is 6.04 Å². The van der Waals surface area contributed by atoms with Gasteiger partial charge in [0.2, 0.25) is 0 Å². The Labute approximate surface area is 106 Å². The monoisotopic (exact) mass is 282 g/mol. The van der Waals surface area contributed by atoms with E-state index < -0.39 is 0 Å². The van der Waals surface area contributed by atoms with Crippen LogP contribution < -0.4 is 5.32 Å². The largest absolute Gasteiger partial charge is 0.310 e. The fourth-order valence-corrected chi connectivity index (χ4v) is 2.85. The molecule has 2 unspecified atom stereocenters. The second-order valence-electron chi connectivity index (χ2n) is 4.86. The Morgan fingerprint density at radius 3 is 3.06 bits per heavy atom. The molecule has 2 rings (SSSR count). The highest BCUT2D eigenvalue weighted by molar-refractivity contribution is 9.10. The minimum Gasteiger partial charge on any atom is -0.310 e. The van der Waals surface area contributed by atoms with Crippen molar-refractivity contribution in [3.05, 3.63) is 28.5 Å². The molecule has 0 spiro atoms. The van der Waals surface area contributed by atoms with Crippen molar-refractivity contribution in [1.29, 1.82) is 0 Å². The maximum absolute atomic E-state index is 4.18. The SMILES string of the molecule is CC1CCCC(NCc2cncc(Br)c2)C1. The van der Waals surface area contributed by atoms with Crippen LogP contribution in [0.2, 0.25) is 0 Å². The Bertz CT molecular complexity index is 340. The molecule has 0 radical (unpaired) electrons. The number of nitrogens with zero attached hydrogens (tertiary/aromatic N) is 1. The fraction of sp³-hybridized carbons (Fsp3) is 0.615. The zero-order chi connectivity index (χ0) is 11.4. The van der Waals surface area contributed by atoms with Gasteiger partial charge in [0, 0.05) is 29.5 Å². The number of pyridine rings is 1. The first-order valence-corrected chi connectivity index (χ1v) is 6.86. The molecule has 2 atom stereocenters. The van der Waals surface area contributed by atoms with Crippen LogP contribution in [0.4, 0.5) is 0 Å². The van der Waals surface area contributed by atoms with Crippen molar-refractivity contribution in [2.45, 2.75) is 45.2 Å². The molecule has 1 N–H and O–H groups in total. The van der Waals surface area contributed by atoms with Gasteiger partial charge in [0.05, 0.1) is 0 Å². The van der Waals surface area contributed by atoms with E-state index in [2.05, 4.69) is 39.2 Å². The Morgan fingerprint density at radius 2 is 2.31 bits per heavy atom. The lowest BCUT2D eigenvalue weighted by atomic mass is 9.87. The maximum Gasteiger partial charge on any atom is 0.0410 e. The molecule has 1 aliphatic carbocycles. The molecule has 2 nitrogen and oxygen atoms in total. The number of hydrogen-bond acceptors (Lipinski definition) is 2. The molecule has 88 valence electrons. The average molecular weight is 283 g/mol. The van der Waals surface area contributed by atoms with Crippen molar-refractivity contribution in [2.75, 3.05) is 0 Å². The lowest BCUT2D eigenvalue weighted by molar-refractivity contribution is 0.300. The van der Waals surface area contributed by atoms with Crippen molar-refractivity contribution in [2.24, 2.45) is 5.92 Å². The van der Waals surface area contributed by atoms with Crippen LogP contribution >= 0.6 is 15.9 Å². The number of halogens is 1.